The fourth-order valence-corrected chi connectivity index (χ4v) is 2.78. The highest BCUT2D eigenvalue weighted by Gasteiger charge is 2.11. The van der Waals surface area contributed by atoms with E-state index in [0.29, 0.717) is 12.3 Å². The summed E-state index contributed by atoms with van der Waals surface area (Å²) in [6.07, 6.45) is 0. The first-order valence-corrected chi connectivity index (χ1v) is 8.73. The minimum absolute atomic E-state index is 0.0400. The van der Waals surface area contributed by atoms with E-state index in [9.17, 15) is 8.78 Å². The molecule has 4 nitrogen and oxygen atoms in total. The number of anilines is 1. The Kier molecular flexibility index (Phi) is 7.66. The van der Waals surface area contributed by atoms with Crippen LogP contribution in [0.15, 0.2) is 42.5 Å². The van der Waals surface area contributed by atoms with Gasteiger partial charge in [-0.25, -0.2) is 0 Å². The number of benzene rings is 2. The topological polar surface area (TPSA) is 33.7 Å². The van der Waals surface area contributed by atoms with Gasteiger partial charge >= 0.3 is 6.61 Å². The Labute approximate surface area is 153 Å². The molecule has 0 amide bonds. The van der Waals surface area contributed by atoms with Crippen molar-refractivity contribution in [3.05, 3.63) is 53.6 Å². The number of hydrogen-bond acceptors (Lipinski definition) is 4. The van der Waals surface area contributed by atoms with Crippen LogP contribution in [0.5, 0.6) is 11.5 Å². The number of nitrogens with zero attached hydrogens (tertiary/aromatic N) is 1. The van der Waals surface area contributed by atoms with Crippen molar-refractivity contribution in [3.63, 3.8) is 0 Å². The first-order chi connectivity index (χ1) is 12.6. The predicted octanol–water partition coefficient (Wildman–Crippen LogP) is 4.43. The minimum atomic E-state index is -2.87. The maximum atomic E-state index is 12.4. The van der Waals surface area contributed by atoms with E-state index in [2.05, 4.69) is 53.1 Å². The highest BCUT2D eigenvalue weighted by Crippen LogP contribution is 2.29. The third kappa shape index (κ3) is 5.59. The average Bonchev–Trinajstić information content (AvgIpc) is 2.64. The second-order valence-corrected chi connectivity index (χ2v) is 5.81. The molecule has 0 saturated heterocycles. The summed E-state index contributed by atoms with van der Waals surface area (Å²) in [5.41, 5.74) is 3.34. The zero-order valence-corrected chi connectivity index (χ0v) is 15.5. The first-order valence-electron chi connectivity index (χ1n) is 8.73. The van der Waals surface area contributed by atoms with Gasteiger partial charge in [-0.3, -0.25) is 0 Å². The Morgan fingerprint density at radius 1 is 0.923 bits per heavy atom. The summed E-state index contributed by atoms with van der Waals surface area (Å²) in [5.74, 6) is 0.339. The number of nitrogens with one attached hydrogen (secondary N) is 1. The molecule has 0 aliphatic rings. The van der Waals surface area contributed by atoms with Gasteiger partial charge in [0, 0.05) is 31.9 Å². The minimum Gasteiger partial charge on any atom is -0.493 e. The van der Waals surface area contributed by atoms with Gasteiger partial charge < -0.3 is 19.7 Å². The highest BCUT2D eigenvalue weighted by molar-refractivity contribution is 5.47. The zero-order valence-electron chi connectivity index (χ0n) is 15.5. The maximum absolute atomic E-state index is 12.4. The second-order valence-electron chi connectivity index (χ2n) is 5.81. The molecule has 0 bridgehead atoms. The number of methoxy groups -OCH3 is 1. The molecular weight excluding hydrogens is 338 g/mol. The smallest absolute Gasteiger partial charge is 0.387 e. The van der Waals surface area contributed by atoms with Crippen molar-refractivity contribution < 1.29 is 18.3 Å². The Morgan fingerprint density at radius 2 is 1.54 bits per heavy atom. The summed E-state index contributed by atoms with van der Waals surface area (Å²) in [4.78, 5) is 2.30. The fraction of sp³-hybridized carbons (Fsp3) is 0.400. The van der Waals surface area contributed by atoms with Gasteiger partial charge in [-0.15, -0.1) is 0 Å². The van der Waals surface area contributed by atoms with Gasteiger partial charge in [-0.05, 0) is 49.2 Å². The summed E-state index contributed by atoms with van der Waals surface area (Å²) >= 11 is 0. The van der Waals surface area contributed by atoms with Crippen LogP contribution in [-0.2, 0) is 13.1 Å². The van der Waals surface area contributed by atoms with Crippen molar-refractivity contribution >= 4 is 5.69 Å². The Hall–Kier alpha value is -2.34. The molecule has 0 aliphatic carbocycles. The molecule has 0 unspecified atom stereocenters. The van der Waals surface area contributed by atoms with Gasteiger partial charge in [-0.2, -0.15) is 8.78 Å². The standard InChI is InChI=1S/C20H26F2N2O2/c1-4-24(5-2)17-9-6-15(7-10-17)13-23-14-16-8-11-18(26-20(21)22)19(12-16)25-3/h6-12,20,23H,4-5,13-14H2,1-3H3. The van der Waals surface area contributed by atoms with Crippen LogP contribution in [0.1, 0.15) is 25.0 Å². The molecule has 0 heterocycles. The van der Waals surface area contributed by atoms with E-state index < -0.39 is 6.61 Å². The van der Waals surface area contributed by atoms with Crippen molar-refractivity contribution in [1.29, 1.82) is 0 Å². The first kappa shape index (κ1) is 20.0. The highest BCUT2D eigenvalue weighted by atomic mass is 19.3. The van der Waals surface area contributed by atoms with E-state index in [0.717, 1.165) is 25.2 Å². The number of hydrogen-bond donors (Lipinski definition) is 1. The van der Waals surface area contributed by atoms with Crippen LogP contribution in [0.25, 0.3) is 0 Å². The van der Waals surface area contributed by atoms with E-state index in [-0.39, 0.29) is 5.75 Å². The van der Waals surface area contributed by atoms with E-state index in [1.54, 1.807) is 12.1 Å². The molecule has 26 heavy (non-hydrogen) atoms. The molecule has 0 spiro atoms. The molecule has 1 N–H and O–H groups in total. The van der Waals surface area contributed by atoms with Gasteiger partial charge in [0.15, 0.2) is 11.5 Å². The normalized spacial score (nSPS) is 10.8. The molecule has 0 fully saturated rings. The lowest BCUT2D eigenvalue weighted by atomic mass is 10.1. The van der Waals surface area contributed by atoms with Crippen LogP contribution in [0, 0.1) is 0 Å². The van der Waals surface area contributed by atoms with E-state index in [1.807, 2.05) is 0 Å². The summed E-state index contributed by atoms with van der Waals surface area (Å²) in [7, 11) is 1.43. The molecule has 142 valence electrons. The number of halogens is 2. The van der Waals surface area contributed by atoms with Crippen molar-refractivity contribution in [2.75, 3.05) is 25.1 Å². The lowest BCUT2D eigenvalue weighted by Crippen LogP contribution is -2.21. The van der Waals surface area contributed by atoms with Crippen molar-refractivity contribution in [2.24, 2.45) is 0 Å². The summed E-state index contributed by atoms with van der Waals surface area (Å²) in [6, 6.07) is 13.4. The largest absolute Gasteiger partial charge is 0.493 e. The molecule has 0 aliphatic heterocycles. The second kappa shape index (κ2) is 9.97. The van der Waals surface area contributed by atoms with Gasteiger partial charge in [0.05, 0.1) is 7.11 Å². The van der Waals surface area contributed by atoms with Crippen LogP contribution >= 0.6 is 0 Å². The Morgan fingerprint density at radius 3 is 2.12 bits per heavy atom. The summed E-state index contributed by atoms with van der Waals surface area (Å²) < 4.78 is 34.3. The van der Waals surface area contributed by atoms with Crippen molar-refractivity contribution in [2.45, 2.75) is 33.5 Å². The fourth-order valence-electron chi connectivity index (χ4n) is 2.78. The van der Waals surface area contributed by atoms with E-state index in [4.69, 9.17) is 4.74 Å². The van der Waals surface area contributed by atoms with Gasteiger partial charge in [0.2, 0.25) is 0 Å². The lowest BCUT2D eigenvalue weighted by Gasteiger charge is -2.21. The van der Waals surface area contributed by atoms with Gasteiger partial charge in [0.1, 0.15) is 0 Å². The van der Waals surface area contributed by atoms with Crippen LogP contribution < -0.4 is 19.7 Å². The SMILES string of the molecule is CCN(CC)c1ccc(CNCc2ccc(OC(F)F)c(OC)c2)cc1. The summed E-state index contributed by atoms with van der Waals surface area (Å²) in [6.45, 7) is 4.71. The Bertz CT molecular complexity index is 674. The molecule has 0 aromatic heterocycles. The number of rotatable bonds is 10. The quantitative estimate of drug-likeness (QED) is 0.676. The monoisotopic (exact) mass is 364 g/mol. The van der Waals surface area contributed by atoms with Crippen LogP contribution in [0.4, 0.5) is 14.5 Å². The molecule has 6 heteroatoms. The third-order valence-electron chi connectivity index (χ3n) is 4.17. The van der Waals surface area contributed by atoms with Crippen LogP contribution in [-0.4, -0.2) is 26.8 Å². The zero-order chi connectivity index (χ0) is 18.9. The molecule has 0 saturated carbocycles. The van der Waals surface area contributed by atoms with E-state index in [1.165, 1.54) is 24.4 Å². The van der Waals surface area contributed by atoms with Crippen molar-refractivity contribution in [3.8, 4) is 11.5 Å². The summed E-state index contributed by atoms with van der Waals surface area (Å²) in [5, 5.41) is 3.35. The average molecular weight is 364 g/mol. The van der Waals surface area contributed by atoms with Crippen LogP contribution in [0.3, 0.4) is 0 Å². The molecule has 2 rings (SSSR count). The lowest BCUT2D eigenvalue weighted by molar-refractivity contribution is -0.0512. The number of alkyl halides is 2. The van der Waals surface area contributed by atoms with E-state index >= 15 is 0 Å². The number of ether oxygens (including phenoxy) is 2. The molecule has 2 aromatic carbocycles. The maximum Gasteiger partial charge on any atom is 0.387 e. The molecule has 0 atom stereocenters. The predicted molar refractivity (Wildman–Crippen MR) is 100 cm³/mol. The van der Waals surface area contributed by atoms with Crippen LogP contribution in [0.2, 0.25) is 0 Å². The Balaban J connectivity index is 1.91. The van der Waals surface area contributed by atoms with Gasteiger partial charge in [0.25, 0.3) is 0 Å². The third-order valence-corrected chi connectivity index (χ3v) is 4.17. The molecule has 2 aromatic rings. The molecular formula is C20H26F2N2O2. The van der Waals surface area contributed by atoms with Crippen molar-refractivity contribution in [1.82, 2.24) is 5.32 Å². The molecule has 0 radical (unpaired) electrons. The van der Waals surface area contributed by atoms with Gasteiger partial charge in [-0.1, -0.05) is 18.2 Å².